The molecule has 2 radical (unpaired) electrons. The van der Waals surface area contributed by atoms with E-state index in [4.69, 9.17) is 19.7 Å². The molecule has 134 valence electrons. The maximum absolute atomic E-state index is 12.6. The molecule has 1 saturated heterocycles. The summed E-state index contributed by atoms with van der Waals surface area (Å²) in [6.07, 6.45) is 1.97. The number of alkyl halides is 1. The van der Waals surface area contributed by atoms with Gasteiger partial charge < -0.3 is 9.97 Å². The quantitative estimate of drug-likeness (QED) is 0.452. The molecule has 1 N–H and O–H groups in total. The molecule has 1 saturated carbocycles. The van der Waals surface area contributed by atoms with Crippen LogP contribution in [-0.2, 0) is 25.5 Å². The highest BCUT2D eigenvalue weighted by molar-refractivity contribution is 8.02. The van der Waals surface area contributed by atoms with Gasteiger partial charge in [0.15, 0.2) is 0 Å². The molecule has 26 heavy (non-hydrogen) atoms. The van der Waals surface area contributed by atoms with Crippen LogP contribution in [0.1, 0.15) is 17.7 Å². The van der Waals surface area contributed by atoms with E-state index in [1.165, 1.54) is 16.2 Å². The Labute approximate surface area is 164 Å². The molecule has 6 nitrogen and oxygen atoms in total. The summed E-state index contributed by atoms with van der Waals surface area (Å²) >= 11 is 9.13. The monoisotopic (exact) mass is 408 g/mol. The first-order chi connectivity index (χ1) is 12.5. The number of carbonyl (C=O) groups is 3. The average Bonchev–Trinajstić information content (AvgIpc) is 3.21. The van der Waals surface area contributed by atoms with Crippen LogP contribution in [0.4, 0.5) is 0 Å². The molecule has 1 aromatic heterocycles. The molecule has 0 aromatic carbocycles. The predicted octanol–water partition coefficient (Wildman–Crippen LogP) is 1.34. The van der Waals surface area contributed by atoms with Crippen molar-refractivity contribution in [2.45, 2.75) is 35.4 Å². The topological polar surface area (TPSA) is 75.7 Å². The van der Waals surface area contributed by atoms with E-state index in [-0.39, 0.29) is 39.9 Å². The van der Waals surface area contributed by atoms with Crippen molar-refractivity contribution in [2.24, 2.45) is 0 Å². The number of amides is 2. The van der Waals surface area contributed by atoms with Crippen LogP contribution in [0.15, 0.2) is 28.8 Å². The van der Waals surface area contributed by atoms with Gasteiger partial charge in [0, 0.05) is 15.5 Å². The first-order valence-corrected chi connectivity index (χ1v) is 10.3. The molecule has 3 aliphatic rings. The number of hydrogen-bond acceptors (Lipinski definition) is 6. The van der Waals surface area contributed by atoms with E-state index in [2.05, 4.69) is 9.97 Å². The highest BCUT2D eigenvalue weighted by Gasteiger charge is 2.63. The fourth-order valence-corrected chi connectivity index (χ4v) is 6.32. The zero-order valence-electron chi connectivity index (χ0n) is 13.6. The van der Waals surface area contributed by atoms with Gasteiger partial charge in [0.25, 0.3) is 5.91 Å². The van der Waals surface area contributed by atoms with Crippen molar-refractivity contribution in [1.29, 1.82) is 0 Å². The van der Waals surface area contributed by atoms with Crippen molar-refractivity contribution in [3.05, 3.63) is 33.7 Å². The molecule has 3 heterocycles. The number of nitrogens with one attached hydrogen (secondary N) is 1. The van der Waals surface area contributed by atoms with E-state index >= 15 is 0 Å². The molecular weight excluding hydrogens is 395 g/mol. The van der Waals surface area contributed by atoms with Gasteiger partial charge >= 0.3 is 14.0 Å². The number of thioether (sulfide) groups is 1. The molecule has 1 aliphatic carbocycles. The number of rotatable bonds is 5. The second kappa shape index (κ2) is 6.62. The molecule has 4 rings (SSSR count). The fraction of sp³-hybridized carbons (Fsp3) is 0.438. The lowest BCUT2D eigenvalue weighted by atomic mass is 10.00. The average molecular weight is 409 g/mol. The molecule has 0 unspecified atom stereocenters. The van der Waals surface area contributed by atoms with Crippen molar-refractivity contribution in [1.82, 2.24) is 10.2 Å². The van der Waals surface area contributed by atoms with Gasteiger partial charge in [-0.15, -0.1) is 34.7 Å². The first-order valence-electron chi connectivity index (χ1n) is 8.04. The van der Waals surface area contributed by atoms with E-state index in [1.807, 2.05) is 17.5 Å². The summed E-state index contributed by atoms with van der Waals surface area (Å²) in [4.78, 5) is 39.4. The van der Waals surface area contributed by atoms with Crippen molar-refractivity contribution < 1.29 is 19.0 Å². The Balaban J connectivity index is 1.55. The van der Waals surface area contributed by atoms with E-state index in [0.29, 0.717) is 5.57 Å². The van der Waals surface area contributed by atoms with Gasteiger partial charge in [-0.25, -0.2) is 4.79 Å². The Kier molecular flexibility index (Phi) is 4.57. The highest BCUT2D eigenvalue weighted by atomic mass is 35.5. The van der Waals surface area contributed by atoms with Crippen LogP contribution in [0.5, 0.6) is 0 Å². The summed E-state index contributed by atoms with van der Waals surface area (Å²) in [6, 6.07) is 3.08. The van der Waals surface area contributed by atoms with Crippen LogP contribution in [-0.4, -0.2) is 52.8 Å². The van der Waals surface area contributed by atoms with E-state index in [0.717, 1.165) is 17.7 Å². The van der Waals surface area contributed by atoms with Gasteiger partial charge in [-0.2, -0.15) is 0 Å². The number of fused-ring (bicyclic) bond motifs is 1. The Morgan fingerprint density at radius 3 is 2.81 bits per heavy atom. The molecule has 2 amide bonds. The normalized spacial score (nSPS) is 25.6. The maximum atomic E-state index is 12.6. The van der Waals surface area contributed by atoms with Crippen LogP contribution >= 0.6 is 34.7 Å². The lowest BCUT2D eigenvalue weighted by Crippen LogP contribution is -2.71. The number of thiophene rings is 1. The van der Waals surface area contributed by atoms with Gasteiger partial charge in [-0.1, -0.05) is 6.07 Å². The summed E-state index contributed by atoms with van der Waals surface area (Å²) in [5, 5.41) is 4.35. The van der Waals surface area contributed by atoms with Gasteiger partial charge in [0.1, 0.15) is 17.1 Å². The standard InChI is InChI=1S/C16H14BClN2O4S2/c17-24-15(23)12-9(7-18)16(3-4-16)26-14-11(13(22)20(12)14)19-10(21)6-8-2-1-5-25-8/h1-2,5,11,14H,3-4,6-7H2,(H,19,21)/t11-,14-/m1/s1. The second-order valence-corrected chi connectivity index (χ2v) is 9.18. The predicted molar refractivity (Wildman–Crippen MR) is 99.7 cm³/mol. The molecule has 1 spiro atoms. The molecule has 2 fully saturated rings. The third-order valence-electron chi connectivity index (χ3n) is 4.84. The summed E-state index contributed by atoms with van der Waals surface area (Å²) in [7, 11) is 5.06. The largest absolute Gasteiger partial charge is 0.539 e. The molecule has 2 atom stereocenters. The van der Waals surface area contributed by atoms with Crippen molar-refractivity contribution >= 4 is 60.5 Å². The van der Waals surface area contributed by atoms with Crippen LogP contribution in [0.25, 0.3) is 0 Å². The molecular formula is C16H14BClN2O4S2. The lowest BCUT2D eigenvalue weighted by Gasteiger charge is -2.52. The summed E-state index contributed by atoms with van der Waals surface area (Å²) in [6.45, 7) is 0. The Bertz CT molecular complexity index is 809. The van der Waals surface area contributed by atoms with Crippen molar-refractivity contribution in [2.75, 3.05) is 5.88 Å². The number of β-lactam (4-membered cyclic amide) rings is 1. The van der Waals surface area contributed by atoms with E-state index in [1.54, 1.807) is 11.8 Å². The third kappa shape index (κ3) is 2.77. The SMILES string of the molecule is [B]OC(=O)C1=C(CCl)C2(CC2)S[C@@H]2[C@H](NC(=O)Cc3cccs3)C(=O)N12. The summed E-state index contributed by atoms with van der Waals surface area (Å²) < 4.78 is 4.13. The highest BCUT2D eigenvalue weighted by Crippen LogP contribution is 2.62. The zero-order valence-corrected chi connectivity index (χ0v) is 16.0. The van der Waals surface area contributed by atoms with E-state index < -0.39 is 12.0 Å². The Morgan fingerprint density at radius 2 is 2.23 bits per heavy atom. The zero-order chi connectivity index (χ0) is 18.5. The molecule has 10 heteroatoms. The van der Waals surface area contributed by atoms with Crippen molar-refractivity contribution in [3.8, 4) is 0 Å². The fourth-order valence-electron chi connectivity index (χ4n) is 3.41. The van der Waals surface area contributed by atoms with Crippen molar-refractivity contribution in [3.63, 3.8) is 0 Å². The van der Waals surface area contributed by atoms with E-state index in [9.17, 15) is 14.4 Å². The minimum absolute atomic E-state index is 0.128. The van der Waals surface area contributed by atoms with Gasteiger partial charge in [0.2, 0.25) is 5.91 Å². The lowest BCUT2D eigenvalue weighted by molar-refractivity contribution is -0.150. The number of carbonyl (C=O) groups excluding carboxylic acids is 3. The van der Waals surface area contributed by atoms with Crippen LogP contribution in [0, 0.1) is 0 Å². The summed E-state index contributed by atoms with van der Waals surface area (Å²) in [5.74, 6) is -1.20. The summed E-state index contributed by atoms with van der Waals surface area (Å²) in [5.41, 5.74) is 0.824. The van der Waals surface area contributed by atoms with Crippen LogP contribution in [0.3, 0.4) is 0 Å². The Morgan fingerprint density at radius 1 is 1.46 bits per heavy atom. The van der Waals surface area contributed by atoms with Gasteiger partial charge in [-0.05, 0) is 29.9 Å². The minimum Gasteiger partial charge on any atom is -0.539 e. The molecule has 2 aliphatic heterocycles. The second-order valence-electron chi connectivity index (χ2n) is 6.38. The minimum atomic E-state index is -0.770. The molecule has 1 aromatic rings. The Hall–Kier alpha value is -1.45. The smallest absolute Gasteiger partial charge is 0.378 e. The molecule has 0 bridgehead atoms. The third-order valence-corrected chi connectivity index (χ3v) is 7.81. The first kappa shape index (κ1) is 17.9. The number of halogens is 1. The number of hydrogen-bond donors (Lipinski definition) is 1. The van der Waals surface area contributed by atoms with Crippen LogP contribution < -0.4 is 5.32 Å². The van der Waals surface area contributed by atoms with Crippen LogP contribution in [0.2, 0.25) is 0 Å². The number of nitrogens with zero attached hydrogens (tertiary/aromatic N) is 1. The van der Waals surface area contributed by atoms with Gasteiger partial charge in [-0.3, -0.25) is 14.5 Å². The van der Waals surface area contributed by atoms with Gasteiger partial charge in [0.05, 0.1) is 6.42 Å². The maximum Gasteiger partial charge on any atom is 0.378 e.